The molecule has 0 saturated carbocycles. The Balaban J connectivity index is 0. The lowest BCUT2D eigenvalue weighted by atomic mass is 9.75. The second-order valence-electron chi connectivity index (χ2n) is 5.35. The zero-order valence-corrected chi connectivity index (χ0v) is 15.3. The smallest absolute Gasteiger partial charge is 0.0630 e. The molecule has 0 N–H and O–H groups in total. The molecule has 0 aromatic heterocycles. The Morgan fingerprint density at radius 2 is 1.76 bits per heavy atom. The van der Waals surface area contributed by atoms with Crippen LogP contribution in [-0.4, -0.2) is 0 Å². The fourth-order valence-corrected chi connectivity index (χ4v) is 2.00. The molecule has 0 aromatic carbocycles. The molecule has 0 spiro atoms. The van der Waals surface area contributed by atoms with Gasteiger partial charge < -0.3 is 0 Å². The first kappa shape index (κ1) is 22.0. The molecule has 1 atom stereocenters. The lowest BCUT2D eigenvalue weighted by Crippen LogP contribution is -2.17. The van der Waals surface area contributed by atoms with Crippen molar-refractivity contribution in [2.45, 2.75) is 80.6 Å². The third-order valence-electron chi connectivity index (χ3n) is 3.58. The average Bonchev–Trinajstić information content (AvgIpc) is 2.76. The number of hydrogen-bond donors (Lipinski definition) is 0. The predicted molar refractivity (Wildman–Crippen MR) is 96.2 cm³/mol. The van der Waals surface area contributed by atoms with E-state index in [1.165, 1.54) is 17.6 Å². The van der Waals surface area contributed by atoms with Gasteiger partial charge in [0.05, 0.1) is 6.07 Å². The Hall–Kier alpha value is -1.29. The molecule has 0 radical (unpaired) electrons. The Bertz CT molecular complexity index is 379. The zero-order valence-electron chi connectivity index (χ0n) is 15.3. The summed E-state index contributed by atoms with van der Waals surface area (Å²) in [4.78, 5) is 0. The van der Waals surface area contributed by atoms with Crippen molar-refractivity contribution in [1.82, 2.24) is 0 Å². The summed E-state index contributed by atoms with van der Waals surface area (Å²) in [6.07, 6.45) is 13.7. The van der Waals surface area contributed by atoms with Gasteiger partial charge >= 0.3 is 0 Å². The summed E-state index contributed by atoms with van der Waals surface area (Å²) in [6.45, 7) is 14.8. The average molecular weight is 290 g/mol. The van der Waals surface area contributed by atoms with Crippen molar-refractivity contribution in [3.8, 4) is 6.07 Å². The molecule has 1 nitrogen and oxygen atoms in total. The third-order valence-corrected chi connectivity index (χ3v) is 3.58. The summed E-state index contributed by atoms with van der Waals surface area (Å²) in [5, 5.41) is 8.95. The number of nitrogens with zero attached hydrogens (tertiary/aromatic N) is 1. The highest BCUT2D eigenvalue weighted by Crippen LogP contribution is 2.38. The first-order valence-electron chi connectivity index (χ1n) is 8.51. The molecule has 0 saturated heterocycles. The summed E-state index contributed by atoms with van der Waals surface area (Å²) in [5.74, 6) is 0. The van der Waals surface area contributed by atoms with Gasteiger partial charge in [-0.05, 0) is 24.8 Å². The Morgan fingerprint density at radius 3 is 2.19 bits per heavy atom. The van der Waals surface area contributed by atoms with Gasteiger partial charge in [-0.1, -0.05) is 84.8 Å². The monoisotopic (exact) mass is 289 g/mol. The summed E-state index contributed by atoms with van der Waals surface area (Å²) in [7, 11) is 0. The van der Waals surface area contributed by atoms with Gasteiger partial charge in [0.15, 0.2) is 0 Å². The van der Waals surface area contributed by atoms with E-state index in [1.807, 2.05) is 13.8 Å². The fourth-order valence-electron chi connectivity index (χ4n) is 2.00. The minimum Gasteiger partial charge on any atom is -0.198 e. The summed E-state index contributed by atoms with van der Waals surface area (Å²) < 4.78 is 0. The van der Waals surface area contributed by atoms with Gasteiger partial charge in [0.1, 0.15) is 0 Å². The van der Waals surface area contributed by atoms with Crippen LogP contribution in [0.1, 0.15) is 80.6 Å². The van der Waals surface area contributed by atoms with Gasteiger partial charge in [0.2, 0.25) is 0 Å². The van der Waals surface area contributed by atoms with E-state index >= 15 is 0 Å². The van der Waals surface area contributed by atoms with Crippen molar-refractivity contribution in [3.63, 3.8) is 0 Å². The number of nitriles is 1. The second kappa shape index (κ2) is 13.7. The van der Waals surface area contributed by atoms with Crippen LogP contribution in [0.2, 0.25) is 0 Å². The van der Waals surface area contributed by atoms with Crippen molar-refractivity contribution >= 4 is 0 Å². The quantitative estimate of drug-likeness (QED) is 0.547. The number of hydrogen-bond acceptors (Lipinski definition) is 1. The van der Waals surface area contributed by atoms with Crippen LogP contribution in [0.3, 0.4) is 0 Å². The maximum Gasteiger partial charge on any atom is 0.0630 e. The summed E-state index contributed by atoms with van der Waals surface area (Å²) in [6, 6.07) is 2.33. The molecule has 1 aliphatic carbocycles. The Morgan fingerprint density at radius 1 is 1.19 bits per heavy atom. The molecule has 1 rings (SSSR count). The highest BCUT2D eigenvalue weighted by molar-refractivity contribution is 5.34. The molecule has 0 aliphatic heterocycles. The lowest BCUT2D eigenvalue weighted by molar-refractivity contribution is 0.385. The normalized spacial score (nSPS) is 15.7. The van der Waals surface area contributed by atoms with Crippen molar-refractivity contribution in [2.24, 2.45) is 5.41 Å². The third kappa shape index (κ3) is 8.56. The second-order valence-corrected chi connectivity index (χ2v) is 5.35. The van der Waals surface area contributed by atoms with E-state index in [9.17, 15) is 0 Å². The standard InChI is InChI=1S/C15H21N.C3H8.C2H6/c1-4-13-8-6-7-9-14(12-13)15(3,5-2)10-11-16;1-3-2;1-2/h6-8,12H,4-5,9-10H2,1-3H3;3H2,1-2H3;1-2H3. The lowest BCUT2D eigenvalue weighted by Gasteiger charge is -2.28. The molecule has 0 fully saturated rings. The molecule has 21 heavy (non-hydrogen) atoms. The van der Waals surface area contributed by atoms with E-state index in [1.54, 1.807) is 0 Å². The van der Waals surface area contributed by atoms with Crippen molar-refractivity contribution in [1.29, 1.82) is 5.26 Å². The van der Waals surface area contributed by atoms with Crippen molar-refractivity contribution in [2.75, 3.05) is 0 Å². The highest BCUT2D eigenvalue weighted by atomic mass is 14.3. The molecular weight excluding hydrogens is 254 g/mol. The van der Waals surface area contributed by atoms with E-state index in [2.05, 4.69) is 65.0 Å². The molecule has 120 valence electrons. The van der Waals surface area contributed by atoms with E-state index in [-0.39, 0.29) is 5.41 Å². The van der Waals surface area contributed by atoms with E-state index in [4.69, 9.17) is 5.26 Å². The van der Waals surface area contributed by atoms with Gasteiger partial charge in [0, 0.05) is 11.8 Å². The van der Waals surface area contributed by atoms with E-state index in [0.29, 0.717) is 6.42 Å². The van der Waals surface area contributed by atoms with Crippen LogP contribution < -0.4 is 0 Å². The van der Waals surface area contributed by atoms with Gasteiger partial charge in [-0.15, -0.1) is 0 Å². The minimum atomic E-state index is 0.0394. The first-order valence-corrected chi connectivity index (χ1v) is 8.51. The number of rotatable bonds is 4. The maximum absolute atomic E-state index is 8.95. The molecule has 0 amide bonds. The van der Waals surface area contributed by atoms with Gasteiger partial charge in [0.25, 0.3) is 0 Å². The first-order chi connectivity index (χ1) is 10.1. The zero-order chi connectivity index (χ0) is 16.7. The van der Waals surface area contributed by atoms with Crippen molar-refractivity contribution < 1.29 is 0 Å². The van der Waals surface area contributed by atoms with Crippen LogP contribution in [0.15, 0.2) is 35.5 Å². The molecule has 1 heteroatoms. The van der Waals surface area contributed by atoms with Gasteiger partial charge in [-0.2, -0.15) is 5.26 Å². The van der Waals surface area contributed by atoms with Gasteiger partial charge in [-0.25, -0.2) is 0 Å². The molecule has 1 unspecified atom stereocenters. The van der Waals surface area contributed by atoms with E-state index < -0.39 is 0 Å². The van der Waals surface area contributed by atoms with Crippen LogP contribution in [0.4, 0.5) is 0 Å². The van der Waals surface area contributed by atoms with Crippen LogP contribution >= 0.6 is 0 Å². The largest absolute Gasteiger partial charge is 0.198 e. The van der Waals surface area contributed by atoms with Gasteiger partial charge in [-0.3, -0.25) is 0 Å². The Labute approximate surface area is 133 Å². The van der Waals surface area contributed by atoms with Crippen LogP contribution in [0.5, 0.6) is 0 Å². The maximum atomic E-state index is 8.95. The predicted octanol–water partition coefficient (Wildman–Crippen LogP) is 6.98. The topological polar surface area (TPSA) is 23.8 Å². The molecule has 1 aliphatic rings. The highest BCUT2D eigenvalue weighted by Gasteiger charge is 2.26. The fraction of sp³-hybridized carbons (Fsp3) is 0.650. The summed E-state index contributed by atoms with van der Waals surface area (Å²) in [5.41, 5.74) is 2.80. The van der Waals surface area contributed by atoms with Crippen molar-refractivity contribution in [3.05, 3.63) is 35.5 Å². The van der Waals surface area contributed by atoms with Crippen LogP contribution in [0.25, 0.3) is 0 Å². The molecular formula is C20H35N. The van der Waals surface area contributed by atoms with Crippen LogP contribution in [0, 0.1) is 16.7 Å². The van der Waals surface area contributed by atoms with E-state index in [0.717, 1.165) is 19.3 Å². The van der Waals surface area contributed by atoms with Crippen LogP contribution in [-0.2, 0) is 0 Å². The minimum absolute atomic E-state index is 0.0394. The SMILES string of the molecule is CC.CCC.CCC1=CC=CCC(C(C)(CC)CC#N)=C1. The molecule has 0 heterocycles. The Kier molecular flexibility index (Phi) is 14.3. The molecule has 0 aromatic rings. The summed E-state index contributed by atoms with van der Waals surface area (Å²) >= 11 is 0. The number of allylic oxidation sites excluding steroid dienone is 6. The molecule has 0 bridgehead atoms.